The zero-order valence-corrected chi connectivity index (χ0v) is 12.3. The third-order valence-corrected chi connectivity index (χ3v) is 3.02. The predicted molar refractivity (Wildman–Crippen MR) is 71.8 cm³/mol. The van der Waals surface area contributed by atoms with Gasteiger partial charge in [-0.05, 0) is 11.1 Å². The Kier molecular flexibility index (Phi) is 4.12. The Hall–Kier alpha value is -1.22. The first-order valence-electron chi connectivity index (χ1n) is 5.61. The number of nitrogens with zero attached hydrogens (tertiary/aromatic N) is 2. The first-order chi connectivity index (χ1) is 8.42. The largest absolute Gasteiger partial charge is 1.00 e. The van der Waals surface area contributed by atoms with Crippen LogP contribution in [-0.4, -0.2) is 12.6 Å². The third-order valence-electron chi connectivity index (χ3n) is 3.02. The molecule has 0 fully saturated rings. The van der Waals surface area contributed by atoms with Crippen molar-refractivity contribution >= 4 is 12.6 Å². The van der Waals surface area contributed by atoms with Crippen molar-refractivity contribution in [1.82, 2.24) is 0 Å². The van der Waals surface area contributed by atoms with Gasteiger partial charge in [-0.1, -0.05) is 60.7 Å². The minimum Gasteiger partial charge on any atom is -1.00 e. The van der Waals surface area contributed by atoms with Crippen molar-refractivity contribution in [1.29, 1.82) is 0 Å². The average Bonchev–Trinajstić information content (AvgIpc) is 2.91. The van der Waals surface area contributed by atoms with Crippen LogP contribution in [0.5, 0.6) is 0 Å². The molecule has 1 aliphatic heterocycles. The molecule has 0 bridgehead atoms. The van der Waals surface area contributed by atoms with Gasteiger partial charge in [0, 0.05) is 6.21 Å². The molecule has 0 aromatic heterocycles. The second-order valence-corrected chi connectivity index (χ2v) is 4.02. The summed E-state index contributed by atoms with van der Waals surface area (Å²) >= 11 is 0. The fourth-order valence-corrected chi connectivity index (χ4v) is 2.15. The number of hydrogen-bond acceptors (Lipinski definition) is 2. The van der Waals surface area contributed by atoms with Crippen LogP contribution in [0, 0.1) is 0 Å². The van der Waals surface area contributed by atoms with E-state index >= 15 is 0 Å². The molecule has 84 valence electrons. The van der Waals surface area contributed by atoms with Gasteiger partial charge in [0.1, 0.15) is 11.9 Å². The van der Waals surface area contributed by atoms with E-state index in [4.69, 9.17) is 0 Å². The van der Waals surface area contributed by atoms with Crippen LogP contribution in [0.1, 0.15) is 12.6 Å². The molecule has 0 unspecified atom stereocenters. The molecule has 0 atom stereocenters. The fraction of sp³-hybridized carbons (Fsp3) is 0.0667. The SMILES string of the molecule is C1=NC=NC1(c1ccccc1)c1ccccc1.[H-].[Na+]. The summed E-state index contributed by atoms with van der Waals surface area (Å²) in [5, 5.41) is 0. The number of benzene rings is 2. The zero-order chi connectivity index (χ0) is 11.6. The number of aliphatic imine (C=N–C) groups is 2. The van der Waals surface area contributed by atoms with Gasteiger partial charge in [-0.15, -0.1) is 0 Å². The van der Waals surface area contributed by atoms with Crippen LogP contribution in [0.2, 0.25) is 0 Å². The van der Waals surface area contributed by atoms with Crippen LogP contribution in [0.25, 0.3) is 0 Å². The minimum absolute atomic E-state index is 0. The third kappa shape index (κ3) is 2.19. The van der Waals surface area contributed by atoms with Crippen LogP contribution in [0.4, 0.5) is 0 Å². The Morgan fingerprint density at radius 2 is 1.28 bits per heavy atom. The maximum absolute atomic E-state index is 4.56. The Morgan fingerprint density at radius 3 is 1.67 bits per heavy atom. The number of hydrogen-bond donors (Lipinski definition) is 0. The Balaban J connectivity index is 0.000000902. The minimum atomic E-state index is -0.442. The van der Waals surface area contributed by atoms with Crippen molar-refractivity contribution in [2.45, 2.75) is 5.54 Å². The first-order valence-corrected chi connectivity index (χ1v) is 5.61. The van der Waals surface area contributed by atoms with Crippen molar-refractivity contribution in [2.75, 3.05) is 0 Å². The van der Waals surface area contributed by atoms with Crippen molar-refractivity contribution in [3.05, 3.63) is 71.8 Å². The van der Waals surface area contributed by atoms with Crippen molar-refractivity contribution in [2.24, 2.45) is 9.98 Å². The number of rotatable bonds is 2. The monoisotopic (exact) mass is 244 g/mol. The standard InChI is InChI=1S/C15H12N2.Na.H/c1-3-7-13(8-4-1)15(11-16-12-17-15)14-9-5-2-6-10-14;;/h1-12H;;/q;+1;-1. The van der Waals surface area contributed by atoms with Gasteiger partial charge in [0.05, 0.1) is 0 Å². The van der Waals surface area contributed by atoms with E-state index in [2.05, 4.69) is 34.3 Å². The van der Waals surface area contributed by atoms with Crippen molar-refractivity contribution in [3.63, 3.8) is 0 Å². The summed E-state index contributed by atoms with van der Waals surface area (Å²) in [7, 11) is 0. The quantitative estimate of drug-likeness (QED) is 0.672. The molecule has 0 saturated heterocycles. The Bertz CT molecular complexity index is 514. The van der Waals surface area contributed by atoms with E-state index in [0.717, 1.165) is 11.1 Å². The van der Waals surface area contributed by atoms with Gasteiger partial charge in [-0.2, -0.15) is 0 Å². The van der Waals surface area contributed by atoms with Crippen LogP contribution in [-0.2, 0) is 5.54 Å². The normalized spacial score (nSPS) is 15.3. The molecule has 2 aromatic carbocycles. The topological polar surface area (TPSA) is 24.7 Å². The second-order valence-electron chi connectivity index (χ2n) is 4.02. The Morgan fingerprint density at radius 1 is 0.778 bits per heavy atom. The Labute approximate surface area is 130 Å². The van der Waals surface area contributed by atoms with E-state index in [-0.39, 0.29) is 31.0 Å². The molecule has 0 amide bonds. The summed E-state index contributed by atoms with van der Waals surface area (Å²) in [5.74, 6) is 0. The van der Waals surface area contributed by atoms with Gasteiger partial charge in [-0.3, -0.25) is 4.99 Å². The van der Waals surface area contributed by atoms with Crippen molar-refractivity contribution < 1.29 is 31.0 Å². The molecule has 0 spiro atoms. The maximum atomic E-state index is 4.56. The predicted octanol–water partition coefficient (Wildman–Crippen LogP) is 0.159. The van der Waals surface area contributed by atoms with E-state index in [9.17, 15) is 0 Å². The van der Waals surface area contributed by atoms with Gasteiger partial charge in [0.15, 0.2) is 0 Å². The molecule has 3 rings (SSSR count). The average molecular weight is 244 g/mol. The first kappa shape index (κ1) is 13.2. The van der Waals surface area contributed by atoms with E-state index in [0.29, 0.717) is 0 Å². The van der Waals surface area contributed by atoms with Gasteiger partial charge in [0.25, 0.3) is 0 Å². The molecule has 0 saturated carbocycles. The molecule has 0 N–H and O–H groups in total. The molecule has 1 aliphatic rings. The van der Waals surface area contributed by atoms with Gasteiger partial charge >= 0.3 is 29.6 Å². The fourth-order valence-electron chi connectivity index (χ4n) is 2.15. The molecule has 3 heteroatoms. The van der Waals surface area contributed by atoms with Gasteiger partial charge in [-0.25, -0.2) is 4.99 Å². The van der Waals surface area contributed by atoms with E-state index in [1.165, 1.54) is 0 Å². The zero-order valence-electron chi connectivity index (χ0n) is 11.3. The van der Waals surface area contributed by atoms with E-state index < -0.39 is 5.54 Å². The molecule has 18 heavy (non-hydrogen) atoms. The summed E-state index contributed by atoms with van der Waals surface area (Å²) in [5.41, 5.74) is 1.84. The van der Waals surface area contributed by atoms with Crippen LogP contribution in [0.15, 0.2) is 70.6 Å². The summed E-state index contributed by atoms with van der Waals surface area (Å²) in [6.45, 7) is 0. The van der Waals surface area contributed by atoms with Crippen molar-refractivity contribution in [3.8, 4) is 0 Å². The summed E-state index contributed by atoms with van der Waals surface area (Å²) in [6, 6.07) is 20.5. The van der Waals surface area contributed by atoms with Crippen LogP contribution < -0.4 is 29.6 Å². The molecule has 1 heterocycles. The molecular formula is C15H13N2Na. The molecule has 2 nitrogen and oxygen atoms in total. The van der Waals surface area contributed by atoms with Gasteiger partial charge < -0.3 is 1.43 Å². The maximum Gasteiger partial charge on any atom is 1.00 e. The molecule has 0 aliphatic carbocycles. The molecule has 2 aromatic rings. The van der Waals surface area contributed by atoms with Gasteiger partial charge in [0.2, 0.25) is 0 Å². The second kappa shape index (κ2) is 5.61. The van der Waals surface area contributed by atoms with E-state index in [1.54, 1.807) is 6.34 Å². The smallest absolute Gasteiger partial charge is 1.00 e. The van der Waals surface area contributed by atoms with Crippen LogP contribution >= 0.6 is 0 Å². The molecule has 0 radical (unpaired) electrons. The van der Waals surface area contributed by atoms with E-state index in [1.807, 2.05) is 42.6 Å². The summed E-state index contributed by atoms with van der Waals surface area (Å²) in [4.78, 5) is 8.73. The van der Waals surface area contributed by atoms with Crippen LogP contribution in [0.3, 0.4) is 0 Å². The molecular weight excluding hydrogens is 231 g/mol. The summed E-state index contributed by atoms with van der Waals surface area (Å²) in [6.07, 6.45) is 3.53. The summed E-state index contributed by atoms with van der Waals surface area (Å²) < 4.78 is 0.